The van der Waals surface area contributed by atoms with Crippen molar-refractivity contribution in [3.63, 3.8) is 0 Å². The van der Waals surface area contributed by atoms with Crippen molar-refractivity contribution in [2.24, 2.45) is 17.6 Å². The molecule has 0 bridgehead atoms. The summed E-state index contributed by atoms with van der Waals surface area (Å²) < 4.78 is 0. The van der Waals surface area contributed by atoms with Crippen molar-refractivity contribution in [2.75, 3.05) is 6.54 Å². The molecule has 0 radical (unpaired) electrons. The van der Waals surface area contributed by atoms with Gasteiger partial charge in [0, 0.05) is 6.42 Å². The van der Waals surface area contributed by atoms with E-state index in [-0.39, 0.29) is 18.8 Å². The molecule has 1 unspecified atom stereocenters. The van der Waals surface area contributed by atoms with Gasteiger partial charge in [-0.3, -0.25) is 24.0 Å². The molecule has 37 heavy (non-hydrogen) atoms. The number of hydrogen-bond acceptors (Lipinski definition) is 6. The van der Waals surface area contributed by atoms with E-state index in [1.54, 1.807) is 44.2 Å². The van der Waals surface area contributed by atoms with E-state index in [2.05, 4.69) is 21.3 Å². The number of benzene rings is 1. The predicted molar refractivity (Wildman–Crippen MR) is 135 cm³/mol. The largest absolute Gasteiger partial charge is 0.465 e. The summed E-state index contributed by atoms with van der Waals surface area (Å²) in [5.74, 6) is -4.78. The number of nitrogens with two attached hydrogens (primary N) is 1. The lowest BCUT2D eigenvalue weighted by Crippen LogP contribution is -2.56. The Hall–Kier alpha value is -3.96. The fourth-order valence-corrected chi connectivity index (χ4v) is 3.51. The monoisotopic (exact) mass is 519 g/mol. The fourth-order valence-electron chi connectivity index (χ4n) is 3.51. The van der Waals surface area contributed by atoms with Gasteiger partial charge in [-0.15, -0.1) is 0 Å². The maximum atomic E-state index is 12.9. The average Bonchev–Trinajstić information content (AvgIpc) is 2.83. The van der Waals surface area contributed by atoms with E-state index in [9.17, 15) is 28.8 Å². The highest BCUT2D eigenvalue weighted by Gasteiger charge is 2.33. The molecule has 0 aliphatic carbocycles. The summed E-state index contributed by atoms with van der Waals surface area (Å²) >= 11 is 0. The number of nitrogens with one attached hydrogen (secondary N) is 4. The third-order valence-electron chi connectivity index (χ3n) is 5.71. The third-order valence-corrected chi connectivity index (χ3v) is 5.71. The van der Waals surface area contributed by atoms with Gasteiger partial charge in [0.15, 0.2) is 0 Å². The van der Waals surface area contributed by atoms with Crippen LogP contribution in [-0.4, -0.2) is 65.3 Å². The number of amides is 5. The molecule has 0 saturated heterocycles. The number of primary amides is 1. The highest BCUT2D eigenvalue weighted by Crippen LogP contribution is 2.11. The molecule has 0 aromatic heterocycles. The predicted octanol–water partition coefficient (Wildman–Crippen LogP) is 0.0977. The smallest absolute Gasteiger partial charge is 0.405 e. The van der Waals surface area contributed by atoms with Crippen LogP contribution in [0.3, 0.4) is 0 Å². The molecule has 1 aromatic rings. The quantitative estimate of drug-likeness (QED) is 0.177. The standard InChI is InChI=1S/C25H37N5O7/c1-5-15(4)20(30-23(34)18(11-14(2)3)29-25(36)37)21(32)24(35)27-13-19(31)28-17(22(26)33)12-16-9-7-6-8-10-16/h6-10,14-15,17-18,20,29H,5,11-13H2,1-4H3,(H2,26,33)(H,27,35)(H,28,31)(H,30,34)(H,36,37)/t15-,17-,18-,20?/m0/s1. The lowest BCUT2D eigenvalue weighted by Gasteiger charge is -2.26. The Morgan fingerprint density at radius 3 is 2.05 bits per heavy atom. The lowest BCUT2D eigenvalue weighted by molar-refractivity contribution is -0.141. The molecule has 0 heterocycles. The van der Waals surface area contributed by atoms with E-state index in [1.165, 1.54) is 0 Å². The maximum Gasteiger partial charge on any atom is 0.405 e. The molecule has 0 spiro atoms. The van der Waals surface area contributed by atoms with Crippen molar-refractivity contribution in [3.05, 3.63) is 35.9 Å². The van der Waals surface area contributed by atoms with Crippen LogP contribution in [0.2, 0.25) is 0 Å². The molecule has 12 nitrogen and oxygen atoms in total. The van der Waals surface area contributed by atoms with E-state index < -0.39 is 66.1 Å². The SMILES string of the molecule is CC[C@H](C)C(NC(=O)[C@H](CC(C)C)NC(=O)O)C(=O)C(=O)NCC(=O)N[C@@H](Cc1ccccc1)C(N)=O. The topological polar surface area (TPSA) is 197 Å². The first-order valence-corrected chi connectivity index (χ1v) is 12.1. The van der Waals surface area contributed by atoms with E-state index in [4.69, 9.17) is 10.8 Å². The van der Waals surface area contributed by atoms with Gasteiger partial charge in [-0.25, -0.2) is 4.79 Å². The molecule has 0 aliphatic rings. The van der Waals surface area contributed by atoms with Crippen LogP contribution >= 0.6 is 0 Å². The first kappa shape index (κ1) is 31.1. The Morgan fingerprint density at radius 2 is 1.54 bits per heavy atom. The Kier molecular flexibility index (Phi) is 12.8. The second-order valence-electron chi connectivity index (χ2n) is 9.26. The molecular weight excluding hydrogens is 482 g/mol. The van der Waals surface area contributed by atoms with Gasteiger partial charge < -0.3 is 32.1 Å². The van der Waals surface area contributed by atoms with Crippen LogP contribution in [0.1, 0.15) is 46.1 Å². The zero-order valence-corrected chi connectivity index (χ0v) is 21.6. The molecular formula is C25H37N5O7. The van der Waals surface area contributed by atoms with Crippen LogP contribution in [0.4, 0.5) is 4.79 Å². The highest BCUT2D eigenvalue weighted by atomic mass is 16.4. The summed E-state index contributed by atoms with van der Waals surface area (Å²) in [4.78, 5) is 73.3. The summed E-state index contributed by atoms with van der Waals surface area (Å²) in [6.45, 7) is 6.44. The van der Waals surface area contributed by atoms with Gasteiger partial charge in [-0.2, -0.15) is 0 Å². The summed E-state index contributed by atoms with van der Waals surface area (Å²) in [6.07, 6.45) is -0.613. The fraction of sp³-hybridized carbons (Fsp3) is 0.520. The molecule has 5 amide bonds. The van der Waals surface area contributed by atoms with Gasteiger partial charge in [0.25, 0.3) is 5.91 Å². The molecule has 0 saturated carbocycles. The Bertz CT molecular complexity index is 967. The number of carbonyl (C=O) groups excluding carboxylic acids is 5. The number of carbonyl (C=O) groups is 6. The van der Waals surface area contributed by atoms with Gasteiger partial charge in [0.1, 0.15) is 12.1 Å². The first-order chi connectivity index (χ1) is 17.3. The minimum Gasteiger partial charge on any atom is -0.465 e. The zero-order chi connectivity index (χ0) is 28.1. The maximum absolute atomic E-state index is 12.9. The van der Waals surface area contributed by atoms with Crippen molar-refractivity contribution < 1.29 is 33.9 Å². The zero-order valence-electron chi connectivity index (χ0n) is 21.6. The molecule has 1 aromatic carbocycles. The highest BCUT2D eigenvalue weighted by molar-refractivity contribution is 6.38. The van der Waals surface area contributed by atoms with Gasteiger partial charge in [-0.1, -0.05) is 64.4 Å². The molecule has 0 fully saturated rings. The molecule has 204 valence electrons. The summed E-state index contributed by atoms with van der Waals surface area (Å²) in [5.41, 5.74) is 6.15. The van der Waals surface area contributed by atoms with E-state index in [1.807, 2.05) is 13.8 Å². The van der Waals surface area contributed by atoms with Crippen molar-refractivity contribution in [2.45, 2.75) is 65.1 Å². The average molecular weight is 520 g/mol. The lowest BCUT2D eigenvalue weighted by atomic mass is 9.94. The van der Waals surface area contributed by atoms with Crippen molar-refractivity contribution >= 4 is 35.5 Å². The minimum absolute atomic E-state index is 0.0201. The first-order valence-electron chi connectivity index (χ1n) is 12.1. The van der Waals surface area contributed by atoms with E-state index in [0.29, 0.717) is 6.42 Å². The van der Waals surface area contributed by atoms with Gasteiger partial charge in [0.05, 0.1) is 12.6 Å². The Labute approximate surface area is 216 Å². The van der Waals surface area contributed by atoms with Crippen LogP contribution in [0.15, 0.2) is 30.3 Å². The third kappa shape index (κ3) is 11.1. The number of ketones is 1. The number of Topliss-reactive ketones (excluding diaryl/α,β-unsaturated/α-hetero) is 1. The molecule has 1 rings (SSSR count). The number of rotatable bonds is 15. The van der Waals surface area contributed by atoms with Gasteiger partial charge >= 0.3 is 6.09 Å². The summed E-state index contributed by atoms with van der Waals surface area (Å²) in [5, 5.41) is 18.3. The van der Waals surface area contributed by atoms with Crippen LogP contribution < -0.4 is 27.0 Å². The summed E-state index contributed by atoms with van der Waals surface area (Å²) in [6, 6.07) is 5.52. The van der Waals surface area contributed by atoms with E-state index >= 15 is 0 Å². The Morgan fingerprint density at radius 1 is 0.919 bits per heavy atom. The minimum atomic E-state index is -1.39. The molecule has 0 aliphatic heterocycles. The normalized spacial score (nSPS) is 14.0. The molecule has 7 N–H and O–H groups in total. The van der Waals surface area contributed by atoms with Crippen LogP contribution in [0, 0.1) is 11.8 Å². The van der Waals surface area contributed by atoms with Crippen molar-refractivity contribution in [1.82, 2.24) is 21.3 Å². The second-order valence-corrected chi connectivity index (χ2v) is 9.26. The van der Waals surface area contributed by atoms with Crippen LogP contribution in [0.25, 0.3) is 0 Å². The van der Waals surface area contributed by atoms with Crippen LogP contribution in [-0.2, 0) is 30.4 Å². The van der Waals surface area contributed by atoms with Crippen molar-refractivity contribution in [3.8, 4) is 0 Å². The Balaban J connectivity index is 2.81. The van der Waals surface area contributed by atoms with Crippen molar-refractivity contribution in [1.29, 1.82) is 0 Å². The van der Waals surface area contributed by atoms with Gasteiger partial charge in [0.2, 0.25) is 23.5 Å². The second kappa shape index (κ2) is 15.2. The van der Waals surface area contributed by atoms with Crippen LogP contribution in [0.5, 0.6) is 0 Å². The number of hydrogen-bond donors (Lipinski definition) is 6. The molecule has 12 heteroatoms. The molecule has 4 atom stereocenters. The summed E-state index contributed by atoms with van der Waals surface area (Å²) in [7, 11) is 0. The number of carboxylic acid groups (broad SMARTS) is 1. The van der Waals surface area contributed by atoms with E-state index in [0.717, 1.165) is 5.56 Å². The van der Waals surface area contributed by atoms with Gasteiger partial charge in [-0.05, 0) is 23.8 Å².